The third-order valence-corrected chi connectivity index (χ3v) is 4.48. The molecule has 1 fully saturated rings. The maximum atomic E-state index is 13.0. The molecule has 0 radical (unpaired) electrons. The molecule has 1 N–H and O–H groups in total. The van der Waals surface area contributed by atoms with Crippen LogP contribution in [0.25, 0.3) is 11.3 Å². The van der Waals surface area contributed by atoms with Gasteiger partial charge in [-0.2, -0.15) is 0 Å². The summed E-state index contributed by atoms with van der Waals surface area (Å²) in [5, 5.41) is 13.5. The van der Waals surface area contributed by atoms with Crippen LogP contribution in [0.3, 0.4) is 0 Å². The number of aliphatic hydroxyl groups excluding tert-OH is 1. The lowest BCUT2D eigenvalue weighted by Crippen LogP contribution is -2.60. The second-order valence-corrected chi connectivity index (χ2v) is 6.26. The van der Waals surface area contributed by atoms with Gasteiger partial charge in [0.2, 0.25) is 5.89 Å². The number of oxazole rings is 1. The number of β-amino-alcohol motifs (C(OH)–C–C–N with tert-alkyl or cyclic N) is 1. The fourth-order valence-electron chi connectivity index (χ4n) is 2.80. The summed E-state index contributed by atoms with van der Waals surface area (Å²) in [6.45, 7) is 2.08. The molecule has 7 nitrogen and oxygen atoms in total. The third-order valence-electron chi connectivity index (χ3n) is 4.48. The molecule has 1 amide bonds. The zero-order chi connectivity index (χ0) is 18.3. The van der Waals surface area contributed by atoms with E-state index in [4.69, 9.17) is 8.94 Å². The van der Waals surface area contributed by atoms with E-state index in [1.165, 1.54) is 23.3 Å². The smallest absolute Gasteiger partial charge is 0.276 e. The first-order valence-electron chi connectivity index (χ1n) is 8.16. The lowest BCUT2D eigenvalue weighted by Gasteiger charge is -2.42. The largest absolute Gasteiger partial charge is 0.448 e. The van der Waals surface area contributed by atoms with Gasteiger partial charge in [-0.15, -0.1) is 0 Å². The molecule has 3 heterocycles. The Morgan fingerprint density at radius 2 is 2.15 bits per heavy atom. The van der Waals surface area contributed by atoms with Crippen LogP contribution in [-0.4, -0.2) is 44.7 Å². The number of benzene rings is 1. The highest BCUT2D eigenvalue weighted by atomic mass is 19.1. The van der Waals surface area contributed by atoms with E-state index in [-0.39, 0.29) is 29.9 Å². The number of halogens is 1. The summed E-state index contributed by atoms with van der Waals surface area (Å²) in [4.78, 5) is 18.0. The van der Waals surface area contributed by atoms with E-state index in [0.717, 1.165) is 0 Å². The molecule has 1 aromatic carbocycles. The number of rotatable bonds is 4. The van der Waals surface area contributed by atoms with Crippen molar-refractivity contribution >= 4 is 5.91 Å². The van der Waals surface area contributed by atoms with Crippen molar-refractivity contribution in [2.24, 2.45) is 0 Å². The molecule has 0 bridgehead atoms. The van der Waals surface area contributed by atoms with Gasteiger partial charge in [0.05, 0.1) is 24.3 Å². The van der Waals surface area contributed by atoms with Crippen LogP contribution in [0.15, 0.2) is 45.5 Å². The van der Waals surface area contributed by atoms with E-state index in [9.17, 15) is 14.3 Å². The first-order chi connectivity index (χ1) is 12.5. The highest BCUT2D eigenvalue weighted by Gasteiger charge is 2.38. The Labute approximate surface area is 148 Å². The van der Waals surface area contributed by atoms with Crippen LogP contribution < -0.4 is 0 Å². The molecule has 0 saturated carbocycles. The highest BCUT2D eigenvalue weighted by Crippen LogP contribution is 2.23. The minimum absolute atomic E-state index is 0.195. The SMILES string of the molecule is C[C@H]1[C@@H](O)CN1C(=O)c1coc(Cc2cc(-c3ccc(F)cc3)on2)n1. The highest BCUT2D eigenvalue weighted by molar-refractivity contribution is 5.92. The Bertz CT molecular complexity index is 934. The fourth-order valence-corrected chi connectivity index (χ4v) is 2.80. The summed E-state index contributed by atoms with van der Waals surface area (Å²) in [5.41, 5.74) is 1.48. The van der Waals surface area contributed by atoms with Gasteiger partial charge in [0.15, 0.2) is 11.5 Å². The first kappa shape index (κ1) is 16.5. The number of hydrogen-bond acceptors (Lipinski definition) is 6. The number of hydrogen-bond donors (Lipinski definition) is 1. The van der Waals surface area contributed by atoms with Crippen molar-refractivity contribution in [3.63, 3.8) is 0 Å². The number of nitrogens with zero attached hydrogens (tertiary/aromatic N) is 3. The molecular formula is C18H16FN3O4. The van der Waals surface area contributed by atoms with Crippen molar-refractivity contribution in [2.75, 3.05) is 6.54 Å². The van der Waals surface area contributed by atoms with E-state index < -0.39 is 6.10 Å². The Hall–Kier alpha value is -3.00. The van der Waals surface area contributed by atoms with E-state index >= 15 is 0 Å². The minimum Gasteiger partial charge on any atom is -0.448 e. The number of amides is 1. The summed E-state index contributed by atoms with van der Waals surface area (Å²) in [6, 6.07) is 7.38. The van der Waals surface area contributed by atoms with Gasteiger partial charge in [-0.25, -0.2) is 9.37 Å². The van der Waals surface area contributed by atoms with Gasteiger partial charge >= 0.3 is 0 Å². The van der Waals surface area contributed by atoms with E-state index in [2.05, 4.69) is 10.1 Å². The van der Waals surface area contributed by atoms with E-state index in [1.54, 1.807) is 25.1 Å². The van der Waals surface area contributed by atoms with Crippen molar-refractivity contribution in [3.05, 3.63) is 59.7 Å². The van der Waals surface area contributed by atoms with Gasteiger partial charge in [0.1, 0.15) is 12.1 Å². The van der Waals surface area contributed by atoms with Crippen molar-refractivity contribution in [1.29, 1.82) is 0 Å². The average molecular weight is 357 g/mol. The predicted octanol–water partition coefficient (Wildman–Crippen LogP) is 2.26. The summed E-state index contributed by atoms with van der Waals surface area (Å²) in [7, 11) is 0. The maximum absolute atomic E-state index is 13.0. The lowest BCUT2D eigenvalue weighted by molar-refractivity contribution is -0.0360. The molecule has 1 aliphatic heterocycles. The monoisotopic (exact) mass is 357 g/mol. The number of carbonyl (C=O) groups is 1. The molecule has 0 unspecified atom stereocenters. The van der Waals surface area contributed by atoms with Crippen LogP contribution in [0.5, 0.6) is 0 Å². The Kier molecular flexibility index (Phi) is 4.04. The average Bonchev–Trinajstić information content (AvgIpc) is 3.29. The molecule has 2 atom stereocenters. The number of aromatic nitrogens is 2. The van der Waals surface area contributed by atoms with Crippen molar-refractivity contribution in [3.8, 4) is 11.3 Å². The van der Waals surface area contributed by atoms with Crippen molar-refractivity contribution < 1.29 is 23.2 Å². The molecule has 3 aromatic rings. The number of carbonyl (C=O) groups excluding carboxylic acids is 1. The quantitative estimate of drug-likeness (QED) is 0.770. The van der Waals surface area contributed by atoms with Gasteiger partial charge in [0, 0.05) is 18.2 Å². The van der Waals surface area contributed by atoms with Crippen molar-refractivity contribution in [2.45, 2.75) is 25.5 Å². The van der Waals surface area contributed by atoms with Crippen LogP contribution in [-0.2, 0) is 6.42 Å². The molecule has 4 rings (SSSR count). The maximum Gasteiger partial charge on any atom is 0.276 e. The van der Waals surface area contributed by atoms with Crippen LogP contribution in [0.1, 0.15) is 29.0 Å². The topological polar surface area (TPSA) is 92.6 Å². The zero-order valence-electron chi connectivity index (χ0n) is 13.9. The molecule has 1 aliphatic rings. The predicted molar refractivity (Wildman–Crippen MR) is 87.7 cm³/mol. The van der Waals surface area contributed by atoms with Crippen LogP contribution >= 0.6 is 0 Å². The number of likely N-dealkylation sites (tertiary alicyclic amines) is 1. The summed E-state index contributed by atoms with van der Waals surface area (Å²) >= 11 is 0. The standard InChI is InChI=1S/C18H16FN3O4/c1-10-15(23)8-22(10)18(24)14-9-25-17(20-14)7-13-6-16(26-21-13)11-2-4-12(19)5-3-11/h2-6,9-10,15,23H,7-8H2,1H3/t10-,15-/m0/s1. The molecule has 26 heavy (non-hydrogen) atoms. The van der Waals surface area contributed by atoms with Crippen LogP contribution in [0, 0.1) is 5.82 Å². The third kappa shape index (κ3) is 2.99. The van der Waals surface area contributed by atoms with Gasteiger partial charge in [-0.3, -0.25) is 4.79 Å². The minimum atomic E-state index is -0.495. The molecule has 0 spiro atoms. The Balaban J connectivity index is 1.45. The van der Waals surface area contributed by atoms with Gasteiger partial charge < -0.3 is 18.9 Å². The molecule has 8 heteroatoms. The number of aliphatic hydroxyl groups is 1. The molecular weight excluding hydrogens is 341 g/mol. The molecule has 2 aromatic heterocycles. The molecule has 134 valence electrons. The van der Waals surface area contributed by atoms with E-state index in [0.29, 0.717) is 29.5 Å². The van der Waals surface area contributed by atoms with Crippen LogP contribution in [0.2, 0.25) is 0 Å². The fraction of sp³-hybridized carbons (Fsp3) is 0.278. The Morgan fingerprint density at radius 3 is 2.85 bits per heavy atom. The lowest BCUT2D eigenvalue weighted by atomic mass is 10.0. The zero-order valence-corrected chi connectivity index (χ0v) is 13.9. The van der Waals surface area contributed by atoms with Gasteiger partial charge in [-0.1, -0.05) is 5.16 Å². The summed E-state index contributed by atoms with van der Waals surface area (Å²) < 4.78 is 23.6. The summed E-state index contributed by atoms with van der Waals surface area (Å²) in [5.74, 6) is 0.242. The summed E-state index contributed by atoms with van der Waals surface area (Å²) in [6.07, 6.45) is 1.07. The second-order valence-electron chi connectivity index (χ2n) is 6.26. The molecule has 0 aliphatic carbocycles. The van der Waals surface area contributed by atoms with Gasteiger partial charge in [0.25, 0.3) is 5.91 Å². The van der Waals surface area contributed by atoms with Crippen LogP contribution in [0.4, 0.5) is 4.39 Å². The second kappa shape index (κ2) is 6.38. The van der Waals surface area contributed by atoms with Gasteiger partial charge in [-0.05, 0) is 31.2 Å². The van der Waals surface area contributed by atoms with E-state index in [1.807, 2.05) is 0 Å². The Morgan fingerprint density at radius 1 is 1.38 bits per heavy atom. The normalized spacial score (nSPS) is 19.4. The van der Waals surface area contributed by atoms with Crippen molar-refractivity contribution in [1.82, 2.24) is 15.0 Å². The molecule has 1 saturated heterocycles. The first-order valence-corrected chi connectivity index (χ1v) is 8.16.